The average molecular weight is 332 g/mol. The van der Waals surface area contributed by atoms with Crippen molar-refractivity contribution in [2.45, 2.75) is 45.6 Å². The molecule has 1 fully saturated rings. The molecular weight excluding hydrogens is 308 g/mol. The van der Waals surface area contributed by atoms with Crippen LogP contribution in [0.1, 0.15) is 45.6 Å². The molecule has 2 rings (SSSR count). The van der Waals surface area contributed by atoms with Crippen molar-refractivity contribution in [3.63, 3.8) is 0 Å². The van der Waals surface area contributed by atoms with E-state index in [4.69, 9.17) is 5.11 Å². The van der Waals surface area contributed by atoms with Gasteiger partial charge in [0.15, 0.2) is 0 Å². The minimum absolute atomic E-state index is 0.286. The zero-order valence-corrected chi connectivity index (χ0v) is 14.5. The molecule has 1 heterocycles. The molecule has 6 heteroatoms. The number of aliphatic carboxylic acids is 1. The Hall–Kier alpha value is -2.37. The van der Waals surface area contributed by atoms with Gasteiger partial charge in [0.1, 0.15) is 11.5 Å². The fraction of sp³-hybridized carbons (Fsp3) is 0.500. The van der Waals surface area contributed by atoms with Gasteiger partial charge < -0.3 is 15.3 Å². The Morgan fingerprint density at radius 3 is 2.33 bits per heavy atom. The topological polar surface area (TPSA) is 86.7 Å². The van der Waals surface area contributed by atoms with E-state index in [0.717, 1.165) is 5.69 Å². The van der Waals surface area contributed by atoms with Gasteiger partial charge in [0.2, 0.25) is 11.8 Å². The molecule has 0 bridgehead atoms. The van der Waals surface area contributed by atoms with Crippen LogP contribution in [-0.2, 0) is 14.4 Å². The zero-order chi connectivity index (χ0) is 18.1. The van der Waals surface area contributed by atoms with E-state index in [1.807, 2.05) is 24.3 Å². The molecule has 6 nitrogen and oxygen atoms in total. The lowest BCUT2D eigenvalue weighted by atomic mass is 10.0. The summed E-state index contributed by atoms with van der Waals surface area (Å²) in [6.07, 6.45) is 0.381. The summed E-state index contributed by atoms with van der Waals surface area (Å²) in [6, 6.07) is 7.73. The molecule has 2 amide bonds. The summed E-state index contributed by atoms with van der Waals surface area (Å²) in [7, 11) is 0. The Balaban J connectivity index is 2.09. The number of anilines is 1. The molecule has 1 aromatic rings. The molecule has 0 aromatic heterocycles. The molecule has 1 atom stereocenters. The Morgan fingerprint density at radius 2 is 1.83 bits per heavy atom. The predicted octanol–water partition coefficient (Wildman–Crippen LogP) is 2.14. The smallest absolute Gasteiger partial charge is 0.328 e. The van der Waals surface area contributed by atoms with E-state index in [-0.39, 0.29) is 5.91 Å². The summed E-state index contributed by atoms with van der Waals surface area (Å²) in [5, 5.41) is 11.5. The van der Waals surface area contributed by atoms with Crippen LogP contribution in [0.2, 0.25) is 0 Å². The minimum atomic E-state index is -1.40. The molecule has 1 saturated heterocycles. The van der Waals surface area contributed by atoms with E-state index in [9.17, 15) is 14.4 Å². The lowest BCUT2D eigenvalue weighted by Gasteiger charge is -2.23. The van der Waals surface area contributed by atoms with Crippen molar-refractivity contribution in [2.75, 3.05) is 11.4 Å². The first-order valence-corrected chi connectivity index (χ1v) is 8.10. The number of rotatable bonds is 5. The van der Waals surface area contributed by atoms with E-state index in [1.165, 1.54) is 19.4 Å². The minimum Gasteiger partial charge on any atom is -0.480 e. The SMILES string of the molecule is CC(C)c1ccc(N2CCC(C(=O)NC(C)(C)C(=O)O)C2=O)cc1. The third-order valence-corrected chi connectivity index (χ3v) is 4.36. The number of carboxylic acid groups (broad SMARTS) is 1. The highest BCUT2D eigenvalue weighted by Gasteiger charge is 2.40. The molecular formula is C18H24N2O4. The van der Waals surface area contributed by atoms with E-state index < -0.39 is 23.3 Å². The molecule has 24 heavy (non-hydrogen) atoms. The summed E-state index contributed by atoms with van der Waals surface area (Å²) in [4.78, 5) is 37.5. The maximum Gasteiger partial charge on any atom is 0.328 e. The van der Waals surface area contributed by atoms with Crippen molar-refractivity contribution < 1.29 is 19.5 Å². The highest BCUT2D eigenvalue weighted by Crippen LogP contribution is 2.27. The number of carbonyl (C=O) groups is 3. The van der Waals surface area contributed by atoms with E-state index in [0.29, 0.717) is 18.9 Å². The number of carbonyl (C=O) groups excluding carboxylic acids is 2. The third kappa shape index (κ3) is 3.58. The van der Waals surface area contributed by atoms with Crippen LogP contribution in [0.4, 0.5) is 5.69 Å². The number of hydrogen-bond donors (Lipinski definition) is 2. The molecule has 1 aromatic carbocycles. The standard InChI is InChI=1S/C18H24N2O4/c1-11(2)12-5-7-13(8-6-12)20-10-9-14(16(20)22)15(21)19-18(3,4)17(23)24/h5-8,11,14H,9-10H2,1-4H3,(H,19,21)(H,23,24). The lowest BCUT2D eigenvalue weighted by molar-refractivity contribution is -0.147. The largest absolute Gasteiger partial charge is 0.480 e. The first-order chi connectivity index (χ1) is 11.1. The summed E-state index contributed by atoms with van der Waals surface area (Å²) in [5.74, 6) is -2.39. The van der Waals surface area contributed by atoms with Crippen LogP contribution in [0, 0.1) is 5.92 Å². The monoisotopic (exact) mass is 332 g/mol. The molecule has 0 aliphatic carbocycles. The number of carboxylic acids is 1. The van der Waals surface area contributed by atoms with Gasteiger partial charge in [0.05, 0.1) is 0 Å². The second-order valence-electron chi connectivity index (χ2n) is 7.00. The Kier molecular flexibility index (Phi) is 4.96. The number of amides is 2. The molecule has 0 spiro atoms. The van der Waals surface area contributed by atoms with Crippen LogP contribution in [-0.4, -0.2) is 35.0 Å². The van der Waals surface area contributed by atoms with Crippen LogP contribution in [0.5, 0.6) is 0 Å². The van der Waals surface area contributed by atoms with Crippen molar-refractivity contribution in [1.82, 2.24) is 5.32 Å². The Bertz CT molecular complexity index is 649. The molecule has 1 aliphatic rings. The highest BCUT2D eigenvalue weighted by atomic mass is 16.4. The fourth-order valence-corrected chi connectivity index (χ4v) is 2.67. The second kappa shape index (κ2) is 6.63. The number of hydrogen-bond acceptors (Lipinski definition) is 3. The van der Waals surface area contributed by atoms with Gasteiger partial charge in [0, 0.05) is 12.2 Å². The van der Waals surface area contributed by atoms with Crippen LogP contribution < -0.4 is 10.2 Å². The van der Waals surface area contributed by atoms with Gasteiger partial charge in [0.25, 0.3) is 0 Å². The summed E-state index contributed by atoms with van der Waals surface area (Å²) < 4.78 is 0. The van der Waals surface area contributed by atoms with E-state index in [1.54, 1.807) is 4.90 Å². The van der Waals surface area contributed by atoms with Gasteiger partial charge in [-0.25, -0.2) is 4.79 Å². The first kappa shape index (κ1) is 18.0. The fourth-order valence-electron chi connectivity index (χ4n) is 2.67. The molecule has 2 N–H and O–H groups in total. The van der Waals surface area contributed by atoms with Crippen molar-refractivity contribution in [3.8, 4) is 0 Å². The van der Waals surface area contributed by atoms with Gasteiger partial charge >= 0.3 is 5.97 Å². The maximum atomic E-state index is 12.5. The van der Waals surface area contributed by atoms with Gasteiger partial charge in [-0.05, 0) is 43.9 Å². The summed E-state index contributed by atoms with van der Waals surface area (Å²) >= 11 is 0. The van der Waals surface area contributed by atoms with E-state index >= 15 is 0 Å². The van der Waals surface area contributed by atoms with Crippen molar-refractivity contribution in [1.29, 1.82) is 0 Å². The molecule has 0 saturated carbocycles. The van der Waals surface area contributed by atoms with Crippen LogP contribution in [0.15, 0.2) is 24.3 Å². The molecule has 1 aliphatic heterocycles. The highest BCUT2D eigenvalue weighted by molar-refractivity contribution is 6.10. The first-order valence-electron chi connectivity index (χ1n) is 8.10. The third-order valence-electron chi connectivity index (χ3n) is 4.36. The van der Waals surface area contributed by atoms with Gasteiger partial charge in [-0.2, -0.15) is 0 Å². The van der Waals surface area contributed by atoms with Crippen molar-refractivity contribution >= 4 is 23.5 Å². The number of nitrogens with one attached hydrogen (secondary N) is 1. The Morgan fingerprint density at radius 1 is 1.25 bits per heavy atom. The summed E-state index contributed by atoms with van der Waals surface area (Å²) in [5.41, 5.74) is 0.545. The zero-order valence-electron chi connectivity index (χ0n) is 14.5. The van der Waals surface area contributed by atoms with Gasteiger partial charge in [-0.15, -0.1) is 0 Å². The quantitative estimate of drug-likeness (QED) is 0.809. The van der Waals surface area contributed by atoms with Crippen molar-refractivity contribution in [2.24, 2.45) is 5.92 Å². The average Bonchev–Trinajstić information content (AvgIpc) is 2.88. The number of benzene rings is 1. The van der Waals surface area contributed by atoms with E-state index in [2.05, 4.69) is 19.2 Å². The Labute approximate surface area is 141 Å². The summed E-state index contributed by atoms with van der Waals surface area (Å²) in [6.45, 7) is 7.44. The van der Waals surface area contributed by atoms with Crippen molar-refractivity contribution in [3.05, 3.63) is 29.8 Å². The molecule has 130 valence electrons. The lowest BCUT2D eigenvalue weighted by Crippen LogP contribution is -2.52. The second-order valence-corrected chi connectivity index (χ2v) is 7.00. The number of nitrogens with zero attached hydrogens (tertiary/aromatic N) is 1. The maximum absolute atomic E-state index is 12.5. The van der Waals surface area contributed by atoms with Gasteiger partial charge in [-0.3, -0.25) is 9.59 Å². The molecule has 1 unspecified atom stereocenters. The molecule has 0 radical (unpaired) electrons. The normalized spacial score (nSPS) is 18.1. The van der Waals surface area contributed by atoms with Crippen LogP contribution in [0.3, 0.4) is 0 Å². The van der Waals surface area contributed by atoms with Gasteiger partial charge in [-0.1, -0.05) is 26.0 Å². The predicted molar refractivity (Wildman–Crippen MR) is 90.8 cm³/mol. The van der Waals surface area contributed by atoms with Crippen LogP contribution >= 0.6 is 0 Å². The van der Waals surface area contributed by atoms with Crippen LogP contribution in [0.25, 0.3) is 0 Å².